The summed E-state index contributed by atoms with van der Waals surface area (Å²) < 4.78 is 16.4. The summed E-state index contributed by atoms with van der Waals surface area (Å²) in [7, 11) is 1.45. The normalized spacial score (nSPS) is 41.4. The number of Topliss-reactive ketones (excluding diaryl/α,β-unsaturated/α-hetero) is 2. The SMILES string of the molecule is CO[C@@]12[C@H](COC(N)=O)C3=C(C(=O)C(CS[C@@H]4O[C@H](CO)[C@@H](O)[C@H](O)[C@H]4O)=C(N)C3=O)N1C[C@@H]1N[C@@H]12. The van der Waals surface area contributed by atoms with E-state index in [1.807, 2.05) is 0 Å². The Balaban J connectivity index is 1.42. The second-order valence-electron chi connectivity index (χ2n) is 9.32. The average molecular weight is 529 g/mol. The van der Waals surface area contributed by atoms with Crippen LogP contribution in [0.15, 0.2) is 22.5 Å². The summed E-state index contributed by atoms with van der Waals surface area (Å²) in [6.45, 7) is -0.499. The van der Waals surface area contributed by atoms with Crippen molar-refractivity contribution in [3.63, 3.8) is 0 Å². The fourth-order valence-corrected chi connectivity index (χ4v) is 6.95. The first-order chi connectivity index (χ1) is 17.1. The smallest absolute Gasteiger partial charge is 0.404 e. The van der Waals surface area contributed by atoms with E-state index in [4.69, 9.17) is 25.7 Å². The highest BCUT2D eigenvalue weighted by molar-refractivity contribution is 8.00. The fraction of sp³-hybridized carbons (Fsp3) is 0.667. The highest BCUT2D eigenvalue weighted by Gasteiger charge is 2.72. The predicted molar refractivity (Wildman–Crippen MR) is 121 cm³/mol. The van der Waals surface area contributed by atoms with Crippen molar-refractivity contribution in [3.05, 3.63) is 22.5 Å². The van der Waals surface area contributed by atoms with Gasteiger partial charge < -0.3 is 56.3 Å². The quantitative estimate of drug-likeness (QED) is 0.123. The van der Waals surface area contributed by atoms with Crippen LogP contribution in [0.4, 0.5) is 4.79 Å². The maximum Gasteiger partial charge on any atom is 0.404 e. The van der Waals surface area contributed by atoms with Gasteiger partial charge in [0.25, 0.3) is 0 Å². The van der Waals surface area contributed by atoms with Gasteiger partial charge in [-0.1, -0.05) is 0 Å². The van der Waals surface area contributed by atoms with E-state index < -0.39 is 65.8 Å². The maximum atomic E-state index is 13.7. The number of thioether (sulfide) groups is 1. The Morgan fingerprint density at radius 1 is 1.25 bits per heavy atom. The number of aliphatic hydroxyl groups excluding tert-OH is 4. The second kappa shape index (κ2) is 8.95. The van der Waals surface area contributed by atoms with Gasteiger partial charge in [0.1, 0.15) is 36.5 Å². The van der Waals surface area contributed by atoms with E-state index in [9.17, 15) is 34.8 Å². The summed E-state index contributed by atoms with van der Waals surface area (Å²) in [5.41, 5.74) is 8.94. The summed E-state index contributed by atoms with van der Waals surface area (Å²) >= 11 is 0.899. The van der Waals surface area contributed by atoms with Crippen molar-refractivity contribution in [1.29, 1.82) is 0 Å². The van der Waals surface area contributed by atoms with Crippen LogP contribution >= 0.6 is 11.8 Å². The van der Waals surface area contributed by atoms with Crippen LogP contribution in [0.1, 0.15) is 0 Å². The van der Waals surface area contributed by atoms with E-state index in [0.717, 1.165) is 11.8 Å². The minimum Gasteiger partial charge on any atom is -0.449 e. The topological polar surface area (TPSA) is 237 Å². The maximum absolute atomic E-state index is 13.7. The number of ketones is 2. The molecule has 0 bridgehead atoms. The van der Waals surface area contributed by atoms with E-state index >= 15 is 0 Å². The zero-order chi connectivity index (χ0) is 26.1. The van der Waals surface area contributed by atoms with Crippen molar-refractivity contribution >= 4 is 29.4 Å². The van der Waals surface area contributed by atoms with Crippen molar-refractivity contribution in [2.45, 2.75) is 47.7 Å². The molecule has 1 amide bonds. The summed E-state index contributed by atoms with van der Waals surface area (Å²) in [6, 6.07) is -0.184. The number of carbonyl (C=O) groups excluding carboxylic acids is 3. The molecule has 0 saturated carbocycles. The number of rotatable bonds is 7. The first-order valence-corrected chi connectivity index (χ1v) is 12.4. The van der Waals surface area contributed by atoms with Crippen LogP contribution in [-0.4, -0.2) is 123 Å². The molecule has 0 spiro atoms. The Morgan fingerprint density at radius 3 is 2.61 bits per heavy atom. The molecule has 0 aromatic heterocycles. The Labute approximate surface area is 209 Å². The molecule has 3 saturated heterocycles. The lowest BCUT2D eigenvalue weighted by Crippen LogP contribution is -2.57. The van der Waals surface area contributed by atoms with E-state index in [-0.39, 0.29) is 47.0 Å². The predicted octanol–water partition coefficient (Wildman–Crippen LogP) is -4.14. The zero-order valence-electron chi connectivity index (χ0n) is 19.2. The second-order valence-corrected chi connectivity index (χ2v) is 10.4. The molecular formula is C21H28N4O10S. The van der Waals surface area contributed by atoms with Crippen LogP contribution in [0.3, 0.4) is 0 Å². The van der Waals surface area contributed by atoms with Gasteiger partial charge in [-0.15, -0.1) is 11.8 Å². The van der Waals surface area contributed by atoms with Gasteiger partial charge in [-0.25, -0.2) is 4.79 Å². The molecule has 0 unspecified atom stereocenters. The van der Waals surface area contributed by atoms with E-state index in [0.29, 0.717) is 6.54 Å². The number of nitrogens with one attached hydrogen (secondary N) is 1. The number of allylic oxidation sites excluding steroid dienone is 2. The standard InChI is InChI=1S/C21H28N4O10S/c1-33-21-7(4-34-20(23)32)10-12(25(21)2-8-18(21)24-8)13(27)6(11(22)15(10)29)5-36-19-17(31)16(30)14(28)9(3-26)35-19/h7-9,14,16-19,24,26,28,30-31H,2-5,22H2,1H3,(H2,23,32)/t7-,8+,9-,14-,16+,17-,18+,19+,21-/m1/s1. The average Bonchev–Trinajstić information content (AvgIpc) is 3.46. The lowest BCUT2D eigenvalue weighted by molar-refractivity contribution is -0.205. The Morgan fingerprint density at radius 2 is 1.97 bits per heavy atom. The van der Waals surface area contributed by atoms with Crippen LogP contribution in [0.25, 0.3) is 0 Å². The Kier molecular flexibility index (Phi) is 6.32. The molecule has 1 aliphatic carbocycles. The number of ether oxygens (including phenoxy) is 3. The van der Waals surface area contributed by atoms with Gasteiger partial charge in [-0.2, -0.15) is 0 Å². The third kappa shape index (κ3) is 3.49. The van der Waals surface area contributed by atoms with Crippen LogP contribution in [0.2, 0.25) is 0 Å². The van der Waals surface area contributed by atoms with E-state index in [1.54, 1.807) is 4.90 Å². The monoisotopic (exact) mass is 528 g/mol. The van der Waals surface area contributed by atoms with Crippen LogP contribution in [0.5, 0.6) is 0 Å². The van der Waals surface area contributed by atoms with Gasteiger partial charge in [0.2, 0.25) is 11.6 Å². The van der Waals surface area contributed by atoms with Gasteiger partial charge >= 0.3 is 6.09 Å². The molecule has 5 rings (SSSR count). The van der Waals surface area contributed by atoms with E-state index in [2.05, 4.69) is 5.32 Å². The Bertz CT molecular complexity index is 1070. The molecule has 5 aliphatic rings. The summed E-state index contributed by atoms with van der Waals surface area (Å²) in [6.07, 6.45) is -6.76. The lowest BCUT2D eigenvalue weighted by atomic mass is 9.82. The number of carbonyl (C=O) groups is 3. The lowest BCUT2D eigenvalue weighted by Gasteiger charge is -2.40. The molecule has 0 aromatic carbocycles. The van der Waals surface area contributed by atoms with Gasteiger partial charge in [0, 0.05) is 36.6 Å². The largest absolute Gasteiger partial charge is 0.449 e. The number of hydrogen-bond acceptors (Lipinski definition) is 14. The van der Waals surface area contributed by atoms with Crippen LogP contribution in [-0.2, 0) is 23.8 Å². The molecule has 9 N–H and O–H groups in total. The molecule has 14 nitrogen and oxygen atoms in total. The fourth-order valence-electron chi connectivity index (χ4n) is 5.76. The number of methoxy groups -OCH3 is 1. The highest BCUT2D eigenvalue weighted by atomic mass is 32.2. The minimum atomic E-state index is -1.58. The van der Waals surface area contributed by atoms with Gasteiger partial charge in [0.15, 0.2) is 5.72 Å². The van der Waals surface area contributed by atoms with Crippen molar-refractivity contribution in [2.24, 2.45) is 17.4 Å². The molecule has 0 radical (unpaired) electrons. The molecular weight excluding hydrogens is 500 g/mol. The third-order valence-corrected chi connectivity index (χ3v) is 8.74. The molecule has 4 aliphatic heterocycles. The molecule has 198 valence electrons. The Hall–Kier alpha value is -2.24. The molecule has 9 atom stereocenters. The molecule has 4 heterocycles. The number of aliphatic hydroxyl groups is 4. The minimum absolute atomic E-state index is 0.0179. The third-order valence-electron chi connectivity index (χ3n) is 7.57. The molecule has 15 heteroatoms. The van der Waals surface area contributed by atoms with Gasteiger partial charge in [-0.3, -0.25) is 9.59 Å². The first kappa shape index (κ1) is 25.4. The summed E-state index contributed by atoms with van der Waals surface area (Å²) in [4.78, 5) is 40.3. The van der Waals surface area contributed by atoms with Crippen molar-refractivity contribution < 1.29 is 49.0 Å². The number of nitrogens with two attached hydrogens (primary N) is 2. The molecule has 0 aromatic rings. The summed E-state index contributed by atoms with van der Waals surface area (Å²) in [5.74, 6) is -2.08. The van der Waals surface area contributed by atoms with Crippen LogP contribution < -0.4 is 16.8 Å². The number of nitrogens with zero attached hydrogens (tertiary/aromatic N) is 1. The van der Waals surface area contributed by atoms with Gasteiger partial charge in [0.05, 0.1) is 30.0 Å². The number of fused-ring (bicyclic) bond motifs is 4. The van der Waals surface area contributed by atoms with Crippen molar-refractivity contribution in [1.82, 2.24) is 10.2 Å². The zero-order valence-corrected chi connectivity index (χ0v) is 20.0. The first-order valence-electron chi connectivity index (χ1n) is 11.3. The van der Waals surface area contributed by atoms with Crippen LogP contribution in [0, 0.1) is 5.92 Å². The molecule has 36 heavy (non-hydrogen) atoms. The number of piperazine rings is 1. The van der Waals surface area contributed by atoms with Crippen molar-refractivity contribution in [2.75, 3.05) is 32.6 Å². The molecule has 3 fully saturated rings. The number of amides is 1. The summed E-state index contributed by atoms with van der Waals surface area (Å²) in [5, 5.41) is 43.0. The number of primary amides is 1. The van der Waals surface area contributed by atoms with Gasteiger partial charge in [-0.05, 0) is 0 Å². The van der Waals surface area contributed by atoms with Crippen molar-refractivity contribution in [3.8, 4) is 0 Å². The van der Waals surface area contributed by atoms with E-state index in [1.165, 1.54) is 7.11 Å². The highest BCUT2D eigenvalue weighted by Crippen LogP contribution is 2.55. The number of hydrogen-bond donors (Lipinski definition) is 7.